The Morgan fingerprint density at radius 2 is 1.74 bits per heavy atom. The highest BCUT2D eigenvalue weighted by Gasteiger charge is 2.39. The average Bonchev–Trinajstić information content (AvgIpc) is 3.18. The van der Waals surface area contributed by atoms with E-state index in [2.05, 4.69) is 75.7 Å². The van der Waals surface area contributed by atoms with Gasteiger partial charge in [0.05, 0.1) is 11.4 Å². The van der Waals surface area contributed by atoms with Crippen LogP contribution in [0.3, 0.4) is 0 Å². The van der Waals surface area contributed by atoms with Gasteiger partial charge < -0.3 is 20.4 Å². The lowest BCUT2D eigenvalue weighted by Gasteiger charge is -2.34. The Hall–Kier alpha value is -3.17. The molecular formula is C25H33ClN8O. The molecule has 1 saturated heterocycles. The van der Waals surface area contributed by atoms with E-state index in [1.165, 1.54) is 5.69 Å². The fraction of sp³-hybridized carbons (Fsp3) is 0.440. The first-order valence-corrected chi connectivity index (χ1v) is 11.7. The van der Waals surface area contributed by atoms with Gasteiger partial charge in [0.1, 0.15) is 0 Å². The van der Waals surface area contributed by atoms with E-state index < -0.39 is 0 Å². The fourth-order valence-electron chi connectivity index (χ4n) is 5.03. The van der Waals surface area contributed by atoms with Gasteiger partial charge in [-0.3, -0.25) is 9.48 Å². The second-order valence-electron chi connectivity index (χ2n) is 9.87. The van der Waals surface area contributed by atoms with Gasteiger partial charge in [-0.2, -0.15) is 5.10 Å². The van der Waals surface area contributed by atoms with Crippen molar-refractivity contribution in [3.63, 3.8) is 0 Å². The minimum Gasteiger partial charge on any atom is -0.369 e. The van der Waals surface area contributed by atoms with E-state index in [1.54, 1.807) is 11.7 Å². The summed E-state index contributed by atoms with van der Waals surface area (Å²) in [6.45, 7) is 8.51. The van der Waals surface area contributed by atoms with E-state index in [-0.39, 0.29) is 23.7 Å². The molecule has 0 saturated carbocycles. The fourth-order valence-corrected chi connectivity index (χ4v) is 5.03. The molecule has 3 aromatic rings. The predicted molar refractivity (Wildman–Crippen MR) is 141 cm³/mol. The third kappa shape index (κ3) is 4.58. The number of halogens is 1. The lowest BCUT2D eigenvalue weighted by molar-refractivity contribution is 0.0955. The first-order chi connectivity index (χ1) is 16.3. The third-order valence-electron chi connectivity index (χ3n) is 6.88. The number of benzene rings is 1. The number of hydrogen-bond acceptors (Lipinski definition) is 7. The van der Waals surface area contributed by atoms with Gasteiger partial charge in [0.25, 0.3) is 5.91 Å². The van der Waals surface area contributed by atoms with Crippen LogP contribution in [0.1, 0.15) is 35.5 Å². The van der Waals surface area contributed by atoms with Gasteiger partial charge >= 0.3 is 0 Å². The molecule has 2 aromatic heterocycles. The number of carbonyl (C=O) groups excluding carboxylic acids is 1. The molecule has 0 bridgehead atoms. The molecule has 1 aromatic carbocycles. The van der Waals surface area contributed by atoms with Gasteiger partial charge in [0.15, 0.2) is 5.69 Å². The zero-order chi connectivity index (χ0) is 24.0. The molecule has 9 nitrogen and oxygen atoms in total. The molecule has 2 aliphatic rings. The Bertz CT molecular complexity index is 1230. The lowest BCUT2D eigenvalue weighted by atomic mass is 9.73. The summed E-state index contributed by atoms with van der Waals surface area (Å²) in [6.07, 6.45) is 2.63. The van der Waals surface area contributed by atoms with Crippen LogP contribution in [-0.2, 0) is 18.9 Å². The van der Waals surface area contributed by atoms with Crippen molar-refractivity contribution in [1.82, 2.24) is 30.0 Å². The maximum atomic E-state index is 12.5. The van der Waals surface area contributed by atoms with Gasteiger partial charge in [0, 0.05) is 63.4 Å². The molecule has 1 fully saturated rings. The Balaban J connectivity index is 0.00000289. The first kappa shape index (κ1) is 24.9. The molecule has 1 amide bonds. The molecule has 35 heavy (non-hydrogen) atoms. The van der Waals surface area contributed by atoms with E-state index in [0.29, 0.717) is 11.6 Å². The van der Waals surface area contributed by atoms with Crippen LogP contribution >= 0.6 is 12.4 Å². The Kier molecular flexibility index (Phi) is 6.75. The molecular weight excluding hydrogens is 464 g/mol. The standard InChI is InChI=1S/C25H32N8O.ClH/c1-25(2)14-16-15-27-24(29-20(16)22-19(25)21(23(34)26-3)30-32(22)5)28-17-6-8-18(9-7-17)33-12-10-31(4)11-13-33;/h6-9,15H,10-14H2,1-5H3,(H,26,34)(H,27,28,29);1H. The molecule has 3 heterocycles. The number of piperazine rings is 1. The minimum absolute atomic E-state index is 0. The van der Waals surface area contributed by atoms with Crippen molar-refractivity contribution in [2.75, 3.05) is 50.5 Å². The summed E-state index contributed by atoms with van der Waals surface area (Å²) in [5.74, 6) is 0.348. The summed E-state index contributed by atoms with van der Waals surface area (Å²) in [7, 11) is 5.66. The third-order valence-corrected chi connectivity index (χ3v) is 6.88. The largest absolute Gasteiger partial charge is 0.369 e. The number of likely N-dealkylation sites (N-methyl/N-ethyl adjacent to an activating group) is 1. The first-order valence-electron chi connectivity index (χ1n) is 11.7. The summed E-state index contributed by atoms with van der Waals surface area (Å²) in [5.41, 5.74) is 6.06. The van der Waals surface area contributed by atoms with E-state index in [9.17, 15) is 4.79 Å². The molecule has 1 aliphatic heterocycles. The minimum atomic E-state index is -0.254. The van der Waals surface area contributed by atoms with Crippen LogP contribution in [0.15, 0.2) is 30.5 Å². The summed E-state index contributed by atoms with van der Waals surface area (Å²) < 4.78 is 1.77. The maximum absolute atomic E-state index is 12.5. The van der Waals surface area contributed by atoms with Crippen molar-refractivity contribution < 1.29 is 4.79 Å². The van der Waals surface area contributed by atoms with Crippen molar-refractivity contribution in [2.45, 2.75) is 25.7 Å². The van der Waals surface area contributed by atoms with E-state index in [4.69, 9.17) is 4.98 Å². The maximum Gasteiger partial charge on any atom is 0.271 e. The number of aromatic nitrogens is 4. The zero-order valence-electron chi connectivity index (χ0n) is 20.9. The monoisotopic (exact) mass is 496 g/mol. The number of hydrogen-bond donors (Lipinski definition) is 2. The predicted octanol–water partition coefficient (Wildman–Crippen LogP) is 2.99. The molecule has 10 heteroatoms. The van der Waals surface area contributed by atoms with Gasteiger partial charge in [-0.05, 0) is 48.7 Å². The van der Waals surface area contributed by atoms with Crippen LogP contribution in [0, 0.1) is 0 Å². The Morgan fingerprint density at radius 1 is 1.06 bits per heavy atom. The number of amides is 1. The van der Waals surface area contributed by atoms with Gasteiger partial charge in [-0.25, -0.2) is 9.97 Å². The van der Waals surface area contributed by atoms with E-state index >= 15 is 0 Å². The van der Waals surface area contributed by atoms with Crippen LogP contribution in [0.2, 0.25) is 0 Å². The smallest absolute Gasteiger partial charge is 0.271 e. The van der Waals surface area contributed by atoms with Gasteiger partial charge in [-0.1, -0.05) is 13.8 Å². The summed E-state index contributed by atoms with van der Waals surface area (Å²) in [4.78, 5) is 26.7. The number of carbonyl (C=O) groups is 1. The van der Waals surface area contributed by atoms with Crippen molar-refractivity contribution in [2.24, 2.45) is 7.05 Å². The number of nitrogens with zero attached hydrogens (tertiary/aromatic N) is 6. The molecule has 0 atom stereocenters. The highest BCUT2D eigenvalue weighted by molar-refractivity contribution is 5.96. The normalized spacial score (nSPS) is 16.7. The number of nitrogens with one attached hydrogen (secondary N) is 2. The quantitative estimate of drug-likeness (QED) is 0.573. The van der Waals surface area contributed by atoms with Crippen LogP contribution in [-0.4, -0.2) is 70.8 Å². The van der Waals surface area contributed by atoms with Crippen LogP contribution < -0.4 is 15.5 Å². The molecule has 2 N–H and O–H groups in total. The van der Waals surface area contributed by atoms with Crippen LogP contribution in [0.25, 0.3) is 11.4 Å². The Labute approximate surface area is 212 Å². The number of anilines is 3. The molecule has 186 valence electrons. The molecule has 0 radical (unpaired) electrons. The van der Waals surface area contributed by atoms with Crippen molar-refractivity contribution in [3.8, 4) is 11.4 Å². The summed E-state index contributed by atoms with van der Waals surface area (Å²) >= 11 is 0. The second kappa shape index (κ2) is 9.47. The van der Waals surface area contributed by atoms with Crippen molar-refractivity contribution >= 4 is 35.6 Å². The molecule has 0 spiro atoms. The van der Waals surface area contributed by atoms with Crippen molar-refractivity contribution in [3.05, 3.63) is 47.3 Å². The summed E-state index contributed by atoms with van der Waals surface area (Å²) in [6, 6.07) is 8.42. The average molecular weight is 497 g/mol. The topological polar surface area (TPSA) is 91.2 Å². The second-order valence-corrected chi connectivity index (χ2v) is 9.87. The zero-order valence-corrected chi connectivity index (χ0v) is 21.7. The SMILES string of the molecule is CNC(=O)c1nn(C)c2c1C(C)(C)Cc1cnc(Nc3ccc(N4CCN(C)CC4)cc3)nc1-2.Cl. The lowest BCUT2D eigenvalue weighted by Crippen LogP contribution is -2.44. The highest BCUT2D eigenvalue weighted by atomic mass is 35.5. The van der Waals surface area contributed by atoms with Gasteiger partial charge in [-0.15, -0.1) is 12.4 Å². The Morgan fingerprint density at radius 3 is 2.40 bits per heavy atom. The van der Waals surface area contributed by atoms with Gasteiger partial charge in [0.2, 0.25) is 5.95 Å². The van der Waals surface area contributed by atoms with Crippen molar-refractivity contribution in [1.29, 1.82) is 0 Å². The number of rotatable bonds is 4. The number of aryl methyl sites for hydroxylation is 1. The molecule has 0 unspecified atom stereocenters. The molecule has 5 rings (SSSR count). The van der Waals surface area contributed by atoms with Crippen LogP contribution in [0.5, 0.6) is 0 Å². The van der Waals surface area contributed by atoms with E-state index in [1.807, 2.05) is 13.2 Å². The molecule has 1 aliphatic carbocycles. The number of fused-ring (bicyclic) bond motifs is 3. The highest BCUT2D eigenvalue weighted by Crippen LogP contribution is 2.43. The summed E-state index contributed by atoms with van der Waals surface area (Å²) in [5, 5.41) is 10.6. The van der Waals surface area contributed by atoms with E-state index in [0.717, 1.165) is 60.8 Å². The van der Waals surface area contributed by atoms with Crippen LogP contribution in [0.4, 0.5) is 17.3 Å².